The van der Waals surface area contributed by atoms with Crippen molar-refractivity contribution >= 4 is 17.8 Å². The van der Waals surface area contributed by atoms with E-state index in [-0.39, 0.29) is 30.2 Å². The molecule has 0 bridgehead atoms. The zero-order valence-corrected chi connectivity index (χ0v) is 14.6. The van der Waals surface area contributed by atoms with Gasteiger partial charge in [-0.1, -0.05) is 0 Å². The first-order chi connectivity index (χ1) is 11.9. The van der Waals surface area contributed by atoms with Crippen molar-refractivity contribution in [1.29, 1.82) is 0 Å². The van der Waals surface area contributed by atoms with Crippen LogP contribution < -0.4 is 0 Å². The van der Waals surface area contributed by atoms with Crippen molar-refractivity contribution in [3.63, 3.8) is 0 Å². The van der Waals surface area contributed by atoms with E-state index in [0.717, 1.165) is 0 Å². The Morgan fingerprint density at radius 3 is 2.72 bits per heavy atom. The van der Waals surface area contributed by atoms with Crippen molar-refractivity contribution in [2.24, 2.45) is 0 Å². The molecule has 1 aromatic heterocycles. The number of aliphatic carboxylic acids is 1. The summed E-state index contributed by atoms with van der Waals surface area (Å²) in [4.78, 5) is 38.4. The number of carboxylic acid groups (broad SMARTS) is 1. The topological polar surface area (TPSA) is 100 Å². The van der Waals surface area contributed by atoms with Gasteiger partial charge in [0.25, 0.3) is 5.91 Å². The summed E-state index contributed by atoms with van der Waals surface area (Å²) in [6.45, 7) is 2.36. The van der Waals surface area contributed by atoms with Gasteiger partial charge in [-0.15, -0.1) is 0 Å². The van der Waals surface area contributed by atoms with Crippen LogP contribution in [0.25, 0.3) is 0 Å². The summed E-state index contributed by atoms with van der Waals surface area (Å²) in [5.74, 6) is -0.645. The molecule has 1 atom stereocenters. The van der Waals surface area contributed by atoms with Crippen LogP contribution in [0.5, 0.6) is 0 Å². The standard InChI is InChI=1S/C17H24N2O6/c1-12(20)19(10-16(21)22)13-4-3-8-18(9-7-13)17(23)15-6-5-14(25-15)11-24-2/h5-6,13H,3-4,7-11H2,1-2H3,(H,21,22). The number of carboxylic acids is 1. The molecular formula is C17H24N2O6. The highest BCUT2D eigenvalue weighted by Gasteiger charge is 2.28. The van der Waals surface area contributed by atoms with Crippen molar-refractivity contribution in [3.05, 3.63) is 23.7 Å². The van der Waals surface area contributed by atoms with Gasteiger partial charge in [0, 0.05) is 33.2 Å². The molecule has 1 N–H and O–H groups in total. The van der Waals surface area contributed by atoms with Gasteiger partial charge in [-0.2, -0.15) is 0 Å². The predicted octanol–water partition coefficient (Wildman–Crippen LogP) is 1.35. The van der Waals surface area contributed by atoms with E-state index < -0.39 is 5.97 Å². The Labute approximate surface area is 146 Å². The Bertz CT molecular complexity index is 626. The van der Waals surface area contributed by atoms with E-state index in [1.807, 2.05) is 0 Å². The lowest BCUT2D eigenvalue weighted by atomic mass is 10.1. The Hall–Kier alpha value is -2.35. The van der Waals surface area contributed by atoms with E-state index in [1.165, 1.54) is 11.8 Å². The summed E-state index contributed by atoms with van der Waals surface area (Å²) < 4.78 is 10.5. The normalized spacial score (nSPS) is 17.8. The van der Waals surface area contributed by atoms with Gasteiger partial charge in [0.1, 0.15) is 18.9 Å². The molecule has 0 saturated carbocycles. The Balaban J connectivity index is 2.00. The van der Waals surface area contributed by atoms with Crippen LogP contribution in [-0.2, 0) is 20.9 Å². The van der Waals surface area contributed by atoms with E-state index in [1.54, 1.807) is 24.1 Å². The average Bonchev–Trinajstić information content (AvgIpc) is 2.88. The molecule has 1 aromatic rings. The first-order valence-corrected chi connectivity index (χ1v) is 8.28. The third-order valence-corrected chi connectivity index (χ3v) is 4.29. The lowest BCUT2D eigenvalue weighted by Gasteiger charge is -2.28. The lowest BCUT2D eigenvalue weighted by molar-refractivity contribution is -0.145. The molecule has 1 aliphatic rings. The van der Waals surface area contributed by atoms with Crippen LogP contribution in [-0.4, -0.2) is 65.5 Å². The summed E-state index contributed by atoms with van der Waals surface area (Å²) in [5, 5.41) is 8.99. The number of nitrogens with zero attached hydrogens (tertiary/aromatic N) is 2. The molecule has 1 fully saturated rings. The Kier molecular flexibility index (Phi) is 6.58. The molecule has 1 aliphatic heterocycles. The van der Waals surface area contributed by atoms with Gasteiger partial charge in [-0.25, -0.2) is 0 Å². The fraction of sp³-hybridized carbons (Fsp3) is 0.588. The second kappa shape index (κ2) is 8.66. The molecule has 1 saturated heterocycles. The molecule has 0 aliphatic carbocycles. The molecule has 8 nitrogen and oxygen atoms in total. The van der Waals surface area contributed by atoms with E-state index in [4.69, 9.17) is 14.3 Å². The average molecular weight is 352 g/mol. The van der Waals surface area contributed by atoms with Gasteiger partial charge in [0.15, 0.2) is 5.76 Å². The van der Waals surface area contributed by atoms with Gasteiger partial charge >= 0.3 is 5.97 Å². The van der Waals surface area contributed by atoms with Crippen molar-refractivity contribution in [2.45, 2.75) is 38.8 Å². The number of methoxy groups -OCH3 is 1. The molecule has 2 rings (SSSR count). The van der Waals surface area contributed by atoms with E-state index in [9.17, 15) is 14.4 Å². The minimum Gasteiger partial charge on any atom is -0.480 e. The fourth-order valence-corrected chi connectivity index (χ4v) is 3.11. The van der Waals surface area contributed by atoms with Gasteiger partial charge in [0.05, 0.1) is 0 Å². The summed E-state index contributed by atoms with van der Waals surface area (Å²) in [6.07, 6.45) is 1.92. The third kappa shape index (κ3) is 5.06. The zero-order valence-electron chi connectivity index (χ0n) is 14.6. The highest BCUT2D eigenvalue weighted by molar-refractivity contribution is 5.91. The maximum atomic E-state index is 12.6. The van der Waals surface area contributed by atoms with E-state index in [0.29, 0.717) is 44.7 Å². The SMILES string of the molecule is COCc1ccc(C(=O)N2CCCC(N(CC(=O)O)C(C)=O)CC2)o1. The Morgan fingerprint density at radius 2 is 2.08 bits per heavy atom. The van der Waals surface area contributed by atoms with Crippen LogP contribution in [0.15, 0.2) is 16.5 Å². The predicted molar refractivity (Wildman–Crippen MR) is 88.0 cm³/mol. The van der Waals surface area contributed by atoms with E-state index in [2.05, 4.69) is 0 Å². The largest absolute Gasteiger partial charge is 0.480 e. The number of hydrogen-bond donors (Lipinski definition) is 1. The highest BCUT2D eigenvalue weighted by Crippen LogP contribution is 2.20. The summed E-state index contributed by atoms with van der Waals surface area (Å²) >= 11 is 0. The minimum atomic E-state index is -1.03. The molecule has 0 spiro atoms. The second-order valence-corrected chi connectivity index (χ2v) is 6.12. The number of rotatable bonds is 6. The molecule has 2 heterocycles. The second-order valence-electron chi connectivity index (χ2n) is 6.12. The lowest BCUT2D eigenvalue weighted by Crippen LogP contribution is -2.43. The number of hydrogen-bond acceptors (Lipinski definition) is 5. The molecule has 138 valence electrons. The number of amides is 2. The molecule has 1 unspecified atom stereocenters. The molecule has 0 radical (unpaired) electrons. The molecule has 25 heavy (non-hydrogen) atoms. The van der Waals surface area contributed by atoms with Gasteiger partial charge in [0.2, 0.25) is 5.91 Å². The maximum Gasteiger partial charge on any atom is 0.323 e. The van der Waals surface area contributed by atoms with Crippen molar-refractivity contribution < 1.29 is 28.6 Å². The van der Waals surface area contributed by atoms with Crippen LogP contribution in [0.1, 0.15) is 42.5 Å². The molecule has 8 heteroatoms. The quantitative estimate of drug-likeness (QED) is 0.829. The summed E-state index contributed by atoms with van der Waals surface area (Å²) in [6, 6.07) is 3.17. The van der Waals surface area contributed by atoms with Gasteiger partial charge < -0.3 is 24.1 Å². The zero-order chi connectivity index (χ0) is 18.4. The van der Waals surface area contributed by atoms with Crippen LogP contribution in [0.4, 0.5) is 0 Å². The number of carbonyl (C=O) groups excluding carboxylic acids is 2. The first-order valence-electron chi connectivity index (χ1n) is 8.28. The molecule has 2 amide bonds. The Morgan fingerprint density at radius 1 is 1.32 bits per heavy atom. The number of likely N-dealkylation sites (tertiary alicyclic amines) is 1. The number of ether oxygens (including phenoxy) is 1. The highest BCUT2D eigenvalue weighted by atomic mass is 16.5. The smallest absolute Gasteiger partial charge is 0.323 e. The fourth-order valence-electron chi connectivity index (χ4n) is 3.11. The summed E-state index contributed by atoms with van der Waals surface area (Å²) in [5.41, 5.74) is 0. The third-order valence-electron chi connectivity index (χ3n) is 4.29. The van der Waals surface area contributed by atoms with Crippen LogP contribution in [0.3, 0.4) is 0 Å². The first kappa shape index (κ1) is 19.0. The maximum absolute atomic E-state index is 12.6. The van der Waals surface area contributed by atoms with Gasteiger partial charge in [-0.05, 0) is 31.4 Å². The van der Waals surface area contributed by atoms with E-state index >= 15 is 0 Å². The van der Waals surface area contributed by atoms with Crippen molar-refractivity contribution in [1.82, 2.24) is 9.80 Å². The molecule has 0 aromatic carbocycles. The molecular weight excluding hydrogens is 328 g/mol. The number of carbonyl (C=O) groups is 3. The van der Waals surface area contributed by atoms with Crippen LogP contribution >= 0.6 is 0 Å². The monoisotopic (exact) mass is 352 g/mol. The van der Waals surface area contributed by atoms with Crippen LogP contribution in [0, 0.1) is 0 Å². The number of furan rings is 1. The minimum absolute atomic E-state index is 0.174. The van der Waals surface area contributed by atoms with Crippen molar-refractivity contribution in [3.8, 4) is 0 Å². The summed E-state index contributed by atoms with van der Waals surface area (Å²) in [7, 11) is 1.55. The van der Waals surface area contributed by atoms with Crippen LogP contribution in [0.2, 0.25) is 0 Å². The van der Waals surface area contributed by atoms with Gasteiger partial charge in [-0.3, -0.25) is 14.4 Å². The van der Waals surface area contributed by atoms with Crippen molar-refractivity contribution in [2.75, 3.05) is 26.7 Å².